The van der Waals surface area contributed by atoms with Crippen LogP contribution in [-0.4, -0.2) is 22.6 Å². The van der Waals surface area contributed by atoms with Gasteiger partial charge in [0.1, 0.15) is 17.5 Å². The van der Waals surface area contributed by atoms with Gasteiger partial charge in [-0.15, -0.1) is 12.4 Å². The number of nitrogens with two attached hydrogens (primary N) is 1. The van der Waals surface area contributed by atoms with Gasteiger partial charge in [-0.05, 0) is 63.6 Å². The molecule has 0 amide bonds. The number of halogens is 2. The first-order valence-corrected chi connectivity index (χ1v) is 9.07. The average molecular weight is 389 g/mol. The number of hydrogen-bond donors (Lipinski definition) is 1. The van der Waals surface area contributed by atoms with Crippen molar-refractivity contribution in [3.8, 4) is 11.1 Å². The smallest absolute Gasteiger partial charge is 0.133 e. The molecule has 0 fully saturated rings. The molecular formula is C21H26ClFN4. The normalized spacial score (nSPS) is 10.9. The van der Waals surface area contributed by atoms with E-state index < -0.39 is 0 Å². The number of aromatic nitrogens is 2. The summed E-state index contributed by atoms with van der Waals surface area (Å²) in [7, 11) is 0. The Bertz CT molecular complexity index is 943. The van der Waals surface area contributed by atoms with E-state index in [0.29, 0.717) is 29.4 Å². The van der Waals surface area contributed by atoms with E-state index in [1.807, 2.05) is 25.1 Å². The lowest BCUT2D eigenvalue weighted by atomic mass is 9.98. The fourth-order valence-corrected chi connectivity index (χ4v) is 3.38. The Morgan fingerprint density at radius 3 is 2.37 bits per heavy atom. The van der Waals surface area contributed by atoms with Crippen LogP contribution in [0.1, 0.15) is 33.4 Å². The number of anilines is 2. The summed E-state index contributed by atoms with van der Waals surface area (Å²) in [5, 5.41) is 0.906. The molecule has 0 spiro atoms. The summed E-state index contributed by atoms with van der Waals surface area (Å²) in [5.41, 5.74) is 8.50. The van der Waals surface area contributed by atoms with Gasteiger partial charge < -0.3 is 10.6 Å². The van der Waals surface area contributed by atoms with Crippen molar-refractivity contribution in [1.29, 1.82) is 0 Å². The van der Waals surface area contributed by atoms with Crippen LogP contribution < -0.4 is 10.6 Å². The SMILES string of the molecule is CCc1nc(N)ccc1-c1c(F)ccc2ccc(N(CC)C(C)C)nc12.Cl. The van der Waals surface area contributed by atoms with Gasteiger partial charge in [0.2, 0.25) is 0 Å². The number of fused-ring (bicyclic) bond motifs is 1. The van der Waals surface area contributed by atoms with Gasteiger partial charge in [0, 0.05) is 29.1 Å². The summed E-state index contributed by atoms with van der Waals surface area (Å²) >= 11 is 0. The van der Waals surface area contributed by atoms with E-state index in [-0.39, 0.29) is 18.2 Å². The molecule has 2 heterocycles. The van der Waals surface area contributed by atoms with Crippen molar-refractivity contribution < 1.29 is 4.39 Å². The maximum absolute atomic E-state index is 14.9. The predicted molar refractivity (Wildman–Crippen MR) is 114 cm³/mol. The van der Waals surface area contributed by atoms with Crippen LogP contribution in [0.5, 0.6) is 0 Å². The molecule has 0 aliphatic rings. The topological polar surface area (TPSA) is 55.0 Å². The second-order valence-electron chi connectivity index (χ2n) is 6.63. The van der Waals surface area contributed by atoms with Gasteiger partial charge in [0.05, 0.1) is 11.2 Å². The highest BCUT2D eigenvalue weighted by atomic mass is 35.5. The number of nitrogen functional groups attached to an aromatic ring is 1. The fraction of sp³-hybridized carbons (Fsp3) is 0.333. The van der Waals surface area contributed by atoms with Crippen molar-refractivity contribution >= 4 is 34.9 Å². The molecule has 0 bridgehead atoms. The molecular weight excluding hydrogens is 363 g/mol. The molecule has 0 aliphatic carbocycles. The van der Waals surface area contributed by atoms with Gasteiger partial charge in [-0.1, -0.05) is 6.92 Å². The van der Waals surface area contributed by atoms with Gasteiger partial charge in [-0.25, -0.2) is 14.4 Å². The highest BCUT2D eigenvalue weighted by Gasteiger charge is 2.17. The summed E-state index contributed by atoms with van der Waals surface area (Å²) in [6.07, 6.45) is 0.670. The molecule has 144 valence electrons. The van der Waals surface area contributed by atoms with Crippen LogP contribution in [0.2, 0.25) is 0 Å². The Balaban J connectivity index is 0.00000261. The lowest BCUT2D eigenvalue weighted by molar-refractivity contribution is 0.632. The number of aryl methyl sites for hydroxylation is 1. The third-order valence-electron chi connectivity index (χ3n) is 4.65. The van der Waals surface area contributed by atoms with Crippen molar-refractivity contribution in [1.82, 2.24) is 9.97 Å². The monoisotopic (exact) mass is 388 g/mol. The molecule has 27 heavy (non-hydrogen) atoms. The Morgan fingerprint density at radius 1 is 1.04 bits per heavy atom. The van der Waals surface area contributed by atoms with E-state index in [1.165, 1.54) is 6.07 Å². The molecule has 0 atom stereocenters. The van der Waals surface area contributed by atoms with E-state index in [0.717, 1.165) is 29.0 Å². The molecule has 2 N–H and O–H groups in total. The first-order chi connectivity index (χ1) is 12.5. The Hall–Kier alpha value is -2.40. The van der Waals surface area contributed by atoms with Crippen LogP contribution >= 0.6 is 12.4 Å². The highest BCUT2D eigenvalue weighted by Crippen LogP contribution is 2.34. The summed E-state index contributed by atoms with van der Waals surface area (Å²) in [6, 6.07) is 11.1. The maximum Gasteiger partial charge on any atom is 0.133 e. The Labute approximate surface area is 166 Å². The second-order valence-corrected chi connectivity index (χ2v) is 6.63. The summed E-state index contributed by atoms with van der Waals surface area (Å²) in [5.74, 6) is 0.996. The lowest BCUT2D eigenvalue weighted by Crippen LogP contribution is -2.31. The van der Waals surface area contributed by atoms with E-state index >= 15 is 0 Å². The van der Waals surface area contributed by atoms with Crippen LogP contribution in [0, 0.1) is 5.82 Å². The van der Waals surface area contributed by atoms with Crippen LogP contribution in [0.4, 0.5) is 16.0 Å². The van der Waals surface area contributed by atoms with E-state index in [9.17, 15) is 4.39 Å². The molecule has 0 radical (unpaired) electrons. The van der Waals surface area contributed by atoms with Gasteiger partial charge >= 0.3 is 0 Å². The number of rotatable bonds is 5. The first kappa shape index (κ1) is 20.9. The molecule has 3 rings (SSSR count). The number of nitrogens with zero attached hydrogens (tertiary/aromatic N) is 3. The summed E-state index contributed by atoms with van der Waals surface area (Å²) < 4.78 is 14.9. The molecule has 0 saturated heterocycles. The molecule has 0 unspecified atom stereocenters. The van der Waals surface area contributed by atoms with Crippen molar-refractivity contribution in [2.24, 2.45) is 0 Å². The molecule has 0 aliphatic heterocycles. The van der Waals surface area contributed by atoms with E-state index in [4.69, 9.17) is 10.7 Å². The number of hydrogen-bond acceptors (Lipinski definition) is 4. The van der Waals surface area contributed by atoms with Gasteiger partial charge in [0.25, 0.3) is 0 Å². The molecule has 4 nitrogen and oxygen atoms in total. The predicted octanol–water partition coefficient (Wildman–Crippen LogP) is 5.24. The quantitative estimate of drug-likeness (QED) is 0.649. The third-order valence-corrected chi connectivity index (χ3v) is 4.65. The minimum atomic E-state index is -0.295. The van der Waals surface area contributed by atoms with Gasteiger partial charge in [-0.2, -0.15) is 0 Å². The summed E-state index contributed by atoms with van der Waals surface area (Å²) in [4.78, 5) is 11.4. The minimum Gasteiger partial charge on any atom is -0.384 e. The van der Waals surface area contributed by atoms with Crippen molar-refractivity contribution in [3.63, 3.8) is 0 Å². The Kier molecular flexibility index (Phi) is 6.60. The van der Waals surface area contributed by atoms with Crippen molar-refractivity contribution in [2.45, 2.75) is 40.2 Å². The maximum atomic E-state index is 14.9. The van der Waals surface area contributed by atoms with E-state index in [1.54, 1.807) is 12.1 Å². The average Bonchev–Trinajstić information content (AvgIpc) is 2.62. The summed E-state index contributed by atoms with van der Waals surface area (Å²) in [6.45, 7) is 9.18. The lowest BCUT2D eigenvalue weighted by Gasteiger charge is -2.26. The third kappa shape index (κ3) is 3.98. The van der Waals surface area contributed by atoms with Gasteiger partial charge in [-0.3, -0.25) is 0 Å². The van der Waals surface area contributed by atoms with Crippen molar-refractivity contribution in [3.05, 3.63) is 47.9 Å². The largest absolute Gasteiger partial charge is 0.384 e. The number of pyridine rings is 2. The van der Waals surface area contributed by atoms with E-state index in [2.05, 4.69) is 30.7 Å². The molecule has 0 saturated carbocycles. The zero-order valence-electron chi connectivity index (χ0n) is 16.2. The molecule has 6 heteroatoms. The molecule has 3 aromatic rings. The van der Waals surface area contributed by atoms with Crippen LogP contribution in [0.25, 0.3) is 22.0 Å². The minimum absolute atomic E-state index is 0. The van der Waals surface area contributed by atoms with Gasteiger partial charge in [0.15, 0.2) is 0 Å². The fourth-order valence-electron chi connectivity index (χ4n) is 3.38. The molecule has 2 aromatic heterocycles. The standard InChI is InChI=1S/C21H25FN4.ClH/c1-5-17-15(9-11-18(23)24-17)20-16(22)10-7-14-8-12-19(25-21(14)20)26(6-2)13(3)4;/h7-13H,5-6H2,1-4H3,(H2,23,24);1H. The Morgan fingerprint density at radius 2 is 1.74 bits per heavy atom. The first-order valence-electron chi connectivity index (χ1n) is 9.07. The zero-order valence-corrected chi connectivity index (χ0v) is 17.0. The van der Waals surface area contributed by atoms with Crippen LogP contribution in [0.15, 0.2) is 36.4 Å². The highest BCUT2D eigenvalue weighted by molar-refractivity contribution is 5.95. The zero-order chi connectivity index (χ0) is 18.8. The van der Waals surface area contributed by atoms with Crippen LogP contribution in [0.3, 0.4) is 0 Å². The molecule has 1 aromatic carbocycles. The number of benzene rings is 1. The van der Waals surface area contributed by atoms with Crippen LogP contribution in [-0.2, 0) is 6.42 Å². The second kappa shape index (κ2) is 8.53. The van der Waals surface area contributed by atoms with Crippen molar-refractivity contribution in [2.75, 3.05) is 17.2 Å².